The van der Waals surface area contributed by atoms with Gasteiger partial charge in [-0.15, -0.1) is 0 Å². The number of ketones is 2. The minimum Gasteiger partial charge on any atom is -0.396 e. The van der Waals surface area contributed by atoms with E-state index in [0.29, 0.717) is 19.3 Å². The molecule has 0 aromatic heterocycles. The summed E-state index contributed by atoms with van der Waals surface area (Å²) < 4.78 is 0. The summed E-state index contributed by atoms with van der Waals surface area (Å²) in [7, 11) is 0. The zero-order chi connectivity index (χ0) is 37.0. The summed E-state index contributed by atoms with van der Waals surface area (Å²) in [6.07, 6.45) is 46.2. The Kier molecular flexibility index (Phi) is 33.9. The van der Waals surface area contributed by atoms with Crippen molar-refractivity contribution in [1.82, 2.24) is 0 Å². The molecule has 0 aromatic rings. The van der Waals surface area contributed by atoms with Crippen LogP contribution in [0.5, 0.6) is 0 Å². The van der Waals surface area contributed by atoms with E-state index < -0.39 is 11.0 Å². The van der Waals surface area contributed by atoms with Gasteiger partial charge in [0.2, 0.25) is 0 Å². The van der Waals surface area contributed by atoms with Crippen molar-refractivity contribution < 1.29 is 14.7 Å². The van der Waals surface area contributed by atoms with E-state index in [-0.39, 0.29) is 24.6 Å². The summed E-state index contributed by atoms with van der Waals surface area (Å²) in [5.41, 5.74) is 5.34. The lowest BCUT2D eigenvalue weighted by molar-refractivity contribution is -0.137. The number of aliphatic hydroxyl groups is 1. The number of carbonyl (C=O) groups is 2. The van der Waals surface area contributed by atoms with Gasteiger partial charge in [0.25, 0.3) is 0 Å². The summed E-state index contributed by atoms with van der Waals surface area (Å²) >= 11 is 0. The third kappa shape index (κ3) is 27.4. The minimum atomic E-state index is -0.841. The Hall–Kier alpha value is -1.26. The molecule has 2 atom stereocenters. The van der Waals surface area contributed by atoms with Crippen LogP contribution in [-0.4, -0.2) is 28.8 Å². The Morgan fingerprint density at radius 1 is 0.500 bits per heavy atom. The van der Waals surface area contributed by atoms with Gasteiger partial charge in [-0.3, -0.25) is 9.59 Å². The summed E-state index contributed by atoms with van der Waals surface area (Å²) in [6.45, 7) is 8.67. The van der Waals surface area contributed by atoms with Crippen LogP contribution in [0.15, 0.2) is 24.3 Å². The number of allylic oxidation sites excluding steroid dienone is 4. The van der Waals surface area contributed by atoms with E-state index in [2.05, 4.69) is 38.2 Å². The lowest BCUT2D eigenvalue weighted by atomic mass is 9.63. The minimum absolute atomic E-state index is 0.167. The number of carbonyl (C=O) groups excluding carboxylic acids is 2. The number of Topliss-reactive ketones (excluding diaryl/α,β-unsaturated/α-hetero) is 2. The van der Waals surface area contributed by atoms with Crippen molar-refractivity contribution in [3.05, 3.63) is 24.3 Å². The molecule has 0 heterocycles. The van der Waals surface area contributed by atoms with Crippen molar-refractivity contribution in [2.24, 2.45) is 11.1 Å². The highest BCUT2D eigenvalue weighted by Gasteiger charge is 2.47. The topological polar surface area (TPSA) is 80.4 Å². The van der Waals surface area contributed by atoms with Crippen molar-refractivity contribution in [1.29, 1.82) is 0 Å². The van der Waals surface area contributed by atoms with Crippen LogP contribution in [0.3, 0.4) is 0 Å². The van der Waals surface area contributed by atoms with E-state index in [1.165, 1.54) is 128 Å². The monoisotopic (exact) mass is 702 g/mol. The van der Waals surface area contributed by atoms with E-state index in [1.54, 1.807) is 0 Å². The molecular weight excluding hydrogens is 615 g/mol. The molecule has 294 valence electrons. The van der Waals surface area contributed by atoms with Crippen LogP contribution in [0.1, 0.15) is 240 Å². The molecule has 0 aliphatic heterocycles. The summed E-state index contributed by atoms with van der Waals surface area (Å²) in [6, 6.07) is 0. The molecule has 2 unspecified atom stereocenters. The Morgan fingerprint density at radius 2 is 0.860 bits per heavy atom. The van der Waals surface area contributed by atoms with Crippen molar-refractivity contribution >= 4 is 11.6 Å². The maximum atomic E-state index is 13.8. The first kappa shape index (κ1) is 48.7. The second-order valence-corrected chi connectivity index (χ2v) is 16.1. The van der Waals surface area contributed by atoms with E-state index >= 15 is 0 Å². The molecule has 0 bridgehead atoms. The lowest BCUT2D eigenvalue weighted by Gasteiger charge is -2.43. The van der Waals surface area contributed by atoms with Crippen molar-refractivity contribution in [2.45, 2.75) is 245 Å². The number of hydrogen-bond acceptors (Lipinski definition) is 4. The molecule has 0 aromatic carbocycles. The molecule has 4 heteroatoms. The van der Waals surface area contributed by atoms with Crippen LogP contribution >= 0.6 is 0 Å². The zero-order valence-corrected chi connectivity index (χ0v) is 34.2. The predicted octanol–water partition coefficient (Wildman–Crippen LogP) is 13.9. The fourth-order valence-corrected chi connectivity index (χ4v) is 7.18. The van der Waals surface area contributed by atoms with Crippen LogP contribution in [0, 0.1) is 5.41 Å². The molecule has 0 amide bonds. The van der Waals surface area contributed by atoms with Crippen LogP contribution in [0.2, 0.25) is 0 Å². The third-order valence-electron chi connectivity index (χ3n) is 11.2. The van der Waals surface area contributed by atoms with Crippen LogP contribution < -0.4 is 5.73 Å². The molecule has 0 rings (SSSR count). The van der Waals surface area contributed by atoms with Crippen LogP contribution in [0.4, 0.5) is 0 Å². The standard InChI is InChI=1S/C46H87NO3/c1-5-7-9-11-13-15-17-19-21-23-25-27-29-31-34-38-43(49)42-45(3,46(4,47)40-36-33-37-41-48)44(50)39-35-32-30-28-26-24-22-20-18-16-14-12-10-8-6-2/h19-22,48H,5-18,23-42,47H2,1-4H3/b21-19-,22-20-. The molecule has 0 aliphatic rings. The normalized spacial score (nSPS) is 14.4. The number of unbranched alkanes of at least 4 members (excludes halogenated alkanes) is 24. The molecule has 0 aliphatic carbocycles. The first-order chi connectivity index (χ1) is 24.2. The third-order valence-corrected chi connectivity index (χ3v) is 11.2. The van der Waals surface area contributed by atoms with E-state index in [4.69, 9.17) is 5.73 Å². The first-order valence-electron chi connectivity index (χ1n) is 22.0. The molecule has 0 radical (unpaired) electrons. The van der Waals surface area contributed by atoms with Gasteiger partial charge in [-0.1, -0.05) is 161 Å². The molecule has 0 fully saturated rings. The summed E-state index contributed by atoms with van der Waals surface area (Å²) in [5.74, 6) is 0.357. The largest absolute Gasteiger partial charge is 0.396 e. The quantitative estimate of drug-likeness (QED) is 0.0494. The van der Waals surface area contributed by atoms with Crippen molar-refractivity contribution in [2.75, 3.05) is 6.61 Å². The fourth-order valence-electron chi connectivity index (χ4n) is 7.18. The Labute approximate surface area is 312 Å². The second kappa shape index (κ2) is 34.8. The molecule has 4 nitrogen and oxygen atoms in total. The second-order valence-electron chi connectivity index (χ2n) is 16.1. The maximum absolute atomic E-state index is 13.8. The molecule has 50 heavy (non-hydrogen) atoms. The number of aliphatic hydroxyl groups excluding tert-OH is 1. The van der Waals surface area contributed by atoms with Gasteiger partial charge in [-0.05, 0) is 84.0 Å². The van der Waals surface area contributed by atoms with Gasteiger partial charge in [-0.2, -0.15) is 0 Å². The SMILES string of the molecule is CCCCCCCC/C=C\CCCCCCCC(=O)CC(C)(C(=O)CCCCCCC/C=C\CCCCCCCC)C(C)(N)CCCCCO. The Morgan fingerprint density at radius 3 is 1.28 bits per heavy atom. The van der Waals surface area contributed by atoms with E-state index in [1.807, 2.05) is 13.8 Å². The van der Waals surface area contributed by atoms with Gasteiger partial charge in [-0.25, -0.2) is 0 Å². The number of hydrogen-bond donors (Lipinski definition) is 2. The van der Waals surface area contributed by atoms with E-state index in [9.17, 15) is 14.7 Å². The molecule has 0 saturated carbocycles. The molecule has 0 spiro atoms. The lowest BCUT2D eigenvalue weighted by Crippen LogP contribution is -2.56. The maximum Gasteiger partial charge on any atom is 0.141 e. The summed E-state index contributed by atoms with van der Waals surface area (Å²) in [5, 5.41) is 9.22. The average Bonchev–Trinajstić information content (AvgIpc) is 3.09. The van der Waals surface area contributed by atoms with Gasteiger partial charge >= 0.3 is 0 Å². The highest BCUT2D eigenvalue weighted by Crippen LogP contribution is 2.40. The van der Waals surface area contributed by atoms with Crippen molar-refractivity contribution in [3.8, 4) is 0 Å². The fraction of sp³-hybridized carbons (Fsp3) is 0.870. The zero-order valence-electron chi connectivity index (χ0n) is 34.2. The first-order valence-corrected chi connectivity index (χ1v) is 22.0. The van der Waals surface area contributed by atoms with Gasteiger partial charge in [0.1, 0.15) is 11.6 Å². The summed E-state index contributed by atoms with van der Waals surface area (Å²) in [4.78, 5) is 27.1. The molecule has 0 saturated heterocycles. The van der Waals surface area contributed by atoms with Gasteiger partial charge in [0.05, 0.1) is 5.41 Å². The van der Waals surface area contributed by atoms with E-state index in [0.717, 1.165) is 57.8 Å². The molecular formula is C46H87NO3. The Bertz CT molecular complexity index is 831. The van der Waals surface area contributed by atoms with Crippen LogP contribution in [0.25, 0.3) is 0 Å². The Balaban J connectivity index is 4.46. The van der Waals surface area contributed by atoms with Gasteiger partial charge in [0.15, 0.2) is 0 Å². The highest BCUT2D eigenvalue weighted by atomic mass is 16.3. The highest BCUT2D eigenvalue weighted by molar-refractivity contribution is 5.92. The number of nitrogens with two attached hydrogens (primary N) is 1. The number of rotatable bonds is 39. The van der Waals surface area contributed by atoms with Gasteiger partial charge in [0, 0.05) is 31.4 Å². The predicted molar refractivity (Wildman–Crippen MR) is 220 cm³/mol. The molecule has 3 N–H and O–H groups in total. The van der Waals surface area contributed by atoms with Crippen LogP contribution in [-0.2, 0) is 9.59 Å². The smallest absolute Gasteiger partial charge is 0.141 e. The van der Waals surface area contributed by atoms with Crippen molar-refractivity contribution in [3.63, 3.8) is 0 Å². The average molecular weight is 702 g/mol. The van der Waals surface area contributed by atoms with Gasteiger partial charge < -0.3 is 10.8 Å².